The zero-order valence-electron chi connectivity index (χ0n) is 31.3. The molecule has 0 saturated carbocycles. The number of carbonyl (C=O) groups is 1. The van der Waals surface area contributed by atoms with Gasteiger partial charge in [-0.15, -0.1) is 0 Å². The molecule has 2 unspecified atom stereocenters. The molecule has 286 valence electrons. The number of rotatable bonds is 35. The van der Waals surface area contributed by atoms with E-state index in [1.807, 2.05) is 0 Å². The molecule has 0 heterocycles. The molecule has 0 aliphatic rings. The summed E-state index contributed by atoms with van der Waals surface area (Å²) in [6.45, 7) is 4.57. The van der Waals surface area contributed by atoms with Crippen LogP contribution in [0.15, 0.2) is 85.1 Å². The van der Waals surface area contributed by atoms with Crippen molar-refractivity contribution in [2.24, 2.45) is 5.73 Å². The normalized spacial score (nSPS) is 14.6. The minimum Gasteiger partial charge on any atom is -0.457 e. The van der Waals surface area contributed by atoms with Crippen LogP contribution >= 0.6 is 7.82 Å². The molecule has 0 saturated heterocycles. The molecule has 0 rings (SSSR count). The largest absolute Gasteiger partial charge is 0.472 e. The second-order valence-electron chi connectivity index (χ2n) is 12.0. The predicted molar refractivity (Wildman–Crippen MR) is 210 cm³/mol. The Kier molecular flexibility index (Phi) is 36.2. The van der Waals surface area contributed by atoms with Gasteiger partial charge < -0.3 is 20.1 Å². The fourth-order valence-electron chi connectivity index (χ4n) is 4.59. The van der Waals surface area contributed by atoms with Gasteiger partial charge in [-0.1, -0.05) is 125 Å². The van der Waals surface area contributed by atoms with Crippen molar-refractivity contribution in [3.8, 4) is 0 Å². The first-order valence-corrected chi connectivity index (χ1v) is 20.6. The molecule has 9 heteroatoms. The number of allylic oxidation sites excluding steroid dienone is 14. The lowest BCUT2D eigenvalue weighted by Gasteiger charge is -2.20. The highest BCUT2D eigenvalue weighted by molar-refractivity contribution is 7.47. The third-order valence-electron chi connectivity index (χ3n) is 7.31. The number of ether oxygens (including phenoxy) is 2. The van der Waals surface area contributed by atoms with Crippen molar-refractivity contribution in [3.05, 3.63) is 85.1 Å². The van der Waals surface area contributed by atoms with Crippen LogP contribution in [0, 0.1) is 0 Å². The lowest BCUT2D eigenvalue weighted by Crippen LogP contribution is -2.28. The van der Waals surface area contributed by atoms with E-state index < -0.39 is 13.9 Å². The van der Waals surface area contributed by atoms with Gasteiger partial charge in [0.05, 0.1) is 19.8 Å². The zero-order chi connectivity index (χ0) is 36.6. The van der Waals surface area contributed by atoms with Crippen molar-refractivity contribution in [3.63, 3.8) is 0 Å². The van der Waals surface area contributed by atoms with Gasteiger partial charge in [-0.3, -0.25) is 13.8 Å². The summed E-state index contributed by atoms with van der Waals surface area (Å²) >= 11 is 0. The van der Waals surface area contributed by atoms with E-state index in [9.17, 15) is 14.3 Å². The molecule has 8 nitrogen and oxygen atoms in total. The van der Waals surface area contributed by atoms with Gasteiger partial charge in [0, 0.05) is 19.6 Å². The lowest BCUT2D eigenvalue weighted by atomic mass is 10.1. The molecule has 0 radical (unpaired) electrons. The van der Waals surface area contributed by atoms with Crippen molar-refractivity contribution >= 4 is 13.8 Å². The maximum atomic E-state index is 12.5. The third kappa shape index (κ3) is 36.9. The van der Waals surface area contributed by atoms with Crippen LogP contribution in [-0.4, -0.2) is 49.9 Å². The molecular formula is C41H70NO7P. The van der Waals surface area contributed by atoms with Gasteiger partial charge in [0.1, 0.15) is 6.10 Å². The number of hydrogen-bond donors (Lipinski definition) is 2. The van der Waals surface area contributed by atoms with Crippen molar-refractivity contribution < 1.29 is 32.8 Å². The zero-order valence-corrected chi connectivity index (χ0v) is 32.2. The number of unbranched alkanes of at least 4 members (excludes halogenated alkanes) is 8. The molecule has 0 aromatic carbocycles. The summed E-state index contributed by atoms with van der Waals surface area (Å²) in [6, 6.07) is 0. The van der Waals surface area contributed by atoms with Crippen LogP contribution in [0.25, 0.3) is 0 Å². The quantitative estimate of drug-likeness (QED) is 0.0288. The monoisotopic (exact) mass is 719 g/mol. The summed E-state index contributed by atoms with van der Waals surface area (Å²) in [5, 5.41) is 0. The fraction of sp³-hybridized carbons (Fsp3) is 0.634. The molecular weight excluding hydrogens is 649 g/mol. The third-order valence-corrected chi connectivity index (χ3v) is 8.29. The van der Waals surface area contributed by atoms with E-state index in [1.165, 1.54) is 0 Å². The topological polar surface area (TPSA) is 117 Å². The summed E-state index contributed by atoms with van der Waals surface area (Å²) in [6.07, 6.45) is 47.4. The van der Waals surface area contributed by atoms with Gasteiger partial charge in [-0.05, 0) is 83.5 Å². The van der Waals surface area contributed by atoms with E-state index in [0.29, 0.717) is 6.61 Å². The molecule has 0 aromatic heterocycles. The maximum absolute atomic E-state index is 12.5. The summed E-state index contributed by atoms with van der Waals surface area (Å²) in [5.41, 5.74) is 5.35. The fourth-order valence-corrected chi connectivity index (χ4v) is 5.35. The molecule has 0 aromatic rings. The Bertz CT molecular complexity index is 1030. The van der Waals surface area contributed by atoms with Gasteiger partial charge in [0.2, 0.25) is 0 Å². The summed E-state index contributed by atoms with van der Waals surface area (Å²) < 4.78 is 33.3. The standard InChI is InChI=1S/C41H70NO7P/c1-3-5-7-9-11-13-15-17-19-20-21-22-24-26-28-30-32-34-41(43)49-40(39-48-50(44,45)47-37-35-42)38-46-36-33-31-29-27-25-23-18-16-14-12-10-8-6-4-2/h5-8,11-14,17-19,21-23,40H,3-4,9-10,15-16,20,24-39,42H2,1-2H3,(H,44,45)/b7-5-,8-6-,13-11-,14-12-,19-17-,22-21-,23-18-. The predicted octanol–water partition coefficient (Wildman–Crippen LogP) is 11.0. The highest BCUT2D eigenvalue weighted by atomic mass is 31.2. The van der Waals surface area contributed by atoms with E-state index in [0.717, 1.165) is 109 Å². The van der Waals surface area contributed by atoms with Crippen molar-refractivity contribution in [1.82, 2.24) is 0 Å². The molecule has 50 heavy (non-hydrogen) atoms. The Hall–Kier alpha value is -2.32. The lowest BCUT2D eigenvalue weighted by molar-refractivity contribution is -0.154. The van der Waals surface area contributed by atoms with Crippen LogP contribution in [0.3, 0.4) is 0 Å². The van der Waals surface area contributed by atoms with Crippen LogP contribution in [-0.2, 0) is 27.9 Å². The number of nitrogens with two attached hydrogens (primary N) is 1. The molecule has 3 N–H and O–H groups in total. The van der Waals surface area contributed by atoms with Crippen molar-refractivity contribution in [1.29, 1.82) is 0 Å². The summed E-state index contributed by atoms with van der Waals surface area (Å²) in [4.78, 5) is 22.4. The van der Waals surface area contributed by atoms with Crippen LogP contribution in [0.2, 0.25) is 0 Å². The summed E-state index contributed by atoms with van der Waals surface area (Å²) in [7, 11) is -4.29. The molecule has 0 aliphatic heterocycles. The Balaban J connectivity index is 4.21. The Morgan fingerprint density at radius 2 is 1.06 bits per heavy atom. The van der Waals surface area contributed by atoms with Gasteiger partial charge in [-0.2, -0.15) is 0 Å². The highest BCUT2D eigenvalue weighted by Crippen LogP contribution is 2.43. The van der Waals surface area contributed by atoms with Crippen LogP contribution in [0.4, 0.5) is 0 Å². The first-order valence-electron chi connectivity index (χ1n) is 19.1. The molecule has 2 atom stereocenters. The molecule has 0 fully saturated rings. The van der Waals surface area contributed by atoms with Gasteiger partial charge in [0.25, 0.3) is 0 Å². The second kappa shape index (κ2) is 37.9. The SMILES string of the molecule is CC/C=C\C/C=C\C/C=C\C/C=C\CCCCCCC(=O)OC(COCCCCCC/C=C\C/C=C\C/C=C\CC)COP(=O)(O)OCCN. The number of carbonyl (C=O) groups excluding carboxylic acids is 1. The Labute approximate surface area is 305 Å². The van der Waals surface area contributed by atoms with Gasteiger partial charge in [-0.25, -0.2) is 4.57 Å². The van der Waals surface area contributed by atoms with Crippen molar-refractivity contribution in [2.75, 3.05) is 33.0 Å². The molecule has 0 aliphatic carbocycles. The maximum Gasteiger partial charge on any atom is 0.472 e. The van der Waals surface area contributed by atoms with E-state index >= 15 is 0 Å². The number of phosphoric acid groups is 1. The van der Waals surface area contributed by atoms with Gasteiger partial charge >= 0.3 is 13.8 Å². The Morgan fingerprint density at radius 1 is 0.600 bits per heavy atom. The second-order valence-corrected chi connectivity index (χ2v) is 13.5. The highest BCUT2D eigenvalue weighted by Gasteiger charge is 2.25. The van der Waals surface area contributed by atoms with E-state index in [-0.39, 0.29) is 38.8 Å². The minimum absolute atomic E-state index is 0.0853. The van der Waals surface area contributed by atoms with Crippen LogP contribution < -0.4 is 5.73 Å². The summed E-state index contributed by atoms with van der Waals surface area (Å²) in [5.74, 6) is -0.367. The minimum atomic E-state index is -4.29. The number of hydrogen-bond acceptors (Lipinski definition) is 7. The van der Waals surface area contributed by atoms with E-state index in [1.54, 1.807) is 0 Å². The van der Waals surface area contributed by atoms with E-state index in [2.05, 4.69) is 98.9 Å². The molecule has 0 bridgehead atoms. The first-order chi connectivity index (χ1) is 24.4. The number of phosphoric ester groups is 1. The average molecular weight is 720 g/mol. The van der Waals surface area contributed by atoms with E-state index in [4.69, 9.17) is 24.3 Å². The van der Waals surface area contributed by atoms with Crippen molar-refractivity contribution in [2.45, 2.75) is 136 Å². The molecule has 0 amide bonds. The van der Waals surface area contributed by atoms with Crippen LogP contribution in [0.1, 0.15) is 129 Å². The Morgan fingerprint density at radius 3 is 1.56 bits per heavy atom. The smallest absolute Gasteiger partial charge is 0.457 e. The average Bonchev–Trinajstić information content (AvgIpc) is 3.10. The number of esters is 1. The molecule has 0 spiro atoms. The van der Waals surface area contributed by atoms with Gasteiger partial charge in [0.15, 0.2) is 0 Å². The van der Waals surface area contributed by atoms with Crippen LogP contribution in [0.5, 0.6) is 0 Å². The first kappa shape index (κ1) is 47.7.